The highest BCUT2D eigenvalue weighted by Gasteiger charge is 2.06. The molecule has 54 valence electrons. The van der Waals surface area contributed by atoms with E-state index < -0.39 is 0 Å². The molecule has 0 aliphatic carbocycles. The first-order chi connectivity index (χ1) is 4.75. The Morgan fingerprint density at radius 3 is 2.00 bits per heavy atom. The Balaban J connectivity index is 3.17. The summed E-state index contributed by atoms with van der Waals surface area (Å²) in [6.45, 7) is 0. The molecule has 0 radical (unpaired) electrons. The third-order valence-corrected chi connectivity index (χ3v) is 1.79. The average Bonchev–Trinajstić information content (AvgIpc) is 1.88. The fourth-order valence-electron chi connectivity index (χ4n) is 0.634. The average molecular weight is 179 g/mol. The van der Waals surface area contributed by atoms with Crippen molar-refractivity contribution in [3.63, 3.8) is 0 Å². The number of rotatable bonds is 1. The molecule has 0 amide bonds. The van der Waals surface area contributed by atoms with Gasteiger partial charge in [0.1, 0.15) is 10.0 Å². The summed E-state index contributed by atoms with van der Waals surface area (Å²) in [4.78, 5) is 0. The highest BCUT2D eigenvalue weighted by molar-refractivity contribution is 6.38. The predicted octanol–water partition coefficient (Wildman–Crippen LogP) is 1.58. The van der Waals surface area contributed by atoms with Crippen LogP contribution in [0, 0.1) is 0 Å². The van der Waals surface area contributed by atoms with Crippen molar-refractivity contribution in [2.75, 3.05) is 0 Å². The van der Waals surface area contributed by atoms with Crippen molar-refractivity contribution >= 4 is 28.9 Å². The third kappa shape index (κ3) is 1.41. The van der Waals surface area contributed by atoms with Crippen LogP contribution in [0.1, 0.15) is 0 Å². The van der Waals surface area contributed by atoms with Gasteiger partial charge in [0.05, 0.1) is 0 Å². The number of hydrogen-bond donors (Lipinski definition) is 2. The van der Waals surface area contributed by atoms with Crippen LogP contribution in [0.5, 0.6) is 0 Å². The minimum atomic E-state index is 0.454. The fourth-order valence-corrected chi connectivity index (χ4v) is 1.13. The minimum absolute atomic E-state index is 0.454. The van der Waals surface area contributed by atoms with E-state index in [1.54, 1.807) is 18.2 Å². The molecule has 1 aromatic rings. The van der Waals surface area contributed by atoms with Crippen molar-refractivity contribution in [1.29, 1.82) is 0 Å². The van der Waals surface area contributed by atoms with Gasteiger partial charge in [-0.3, -0.25) is 0 Å². The molecule has 0 fully saturated rings. The van der Waals surface area contributed by atoms with E-state index in [0.717, 1.165) is 5.48 Å². The highest BCUT2D eigenvalue weighted by Crippen LogP contribution is 2.24. The number of halogens is 2. The number of quaternary nitrogens is 1. The van der Waals surface area contributed by atoms with Crippen LogP contribution in [0.4, 0.5) is 5.69 Å². The Hall–Kier alpha value is -0.280. The summed E-state index contributed by atoms with van der Waals surface area (Å²) in [6.07, 6.45) is 0. The number of nitrogens with two attached hydrogens (primary N) is 1. The largest absolute Gasteiger partial charge is 0.215 e. The first-order valence-corrected chi connectivity index (χ1v) is 3.42. The molecule has 10 heavy (non-hydrogen) atoms. The van der Waals surface area contributed by atoms with E-state index in [1.807, 2.05) is 0 Å². The first kappa shape index (κ1) is 7.82. The normalized spacial score (nSPS) is 9.90. The maximum atomic E-state index is 8.61. The van der Waals surface area contributed by atoms with Gasteiger partial charge < -0.3 is 0 Å². The molecule has 0 spiro atoms. The van der Waals surface area contributed by atoms with Crippen LogP contribution in [-0.2, 0) is 0 Å². The molecule has 4 heteroatoms. The van der Waals surface area contributed by atoms with Crippen LogP contribution in [-0.4, -0.2) is 5.21 Å². The number of benzene rings is 1. The third-order valence-electron chi connectivity index (χ3n) is 1.13. The molecule has 1 rings (SSSR count). The molecule has 0 saturated heterocycles. The Morgan fingerprint density at radius 2 is 1.70 bits per heavy atom. The Morgan fingerprint density at radius 1 is 1.20 bits per heavy atom. The topological polar surface area (TPSA) is 36.8 Å². The van der Waals surface area contributed by atoms with E-state index in [-0.39, 0.29) is 0 Å². The van der Waals surface area contributed by atoms with Gasteiger partial charge in [0.15, 0.2) is 5.69 Å². The molecule has 3 N–H and O–H groups in total. The van der Waals surface area contributed by atoms with Crippen LogP contribution < -0.4 is 5.48 Å². The van der Waals surface area contributed by atoms with Crippen LogP contribution in [0.2, 0.25) is 10.0 Å². The molecule has 0 bridgehead atoms. The first-order valence-electron chi connectivity index (χ1n) is 2.67. The van der Waals surface area contributed by atoms with Gasteiger partial charge in [0.2, 0.25) is 0 Å². The van der Waals surface area contributed by atoms with Gasteiger partial charge in [-0.15, -0.1) is 0 Å². The SMILES string of the molecule is O[NH2+]c1c(Cl)cccc1Cl. The number of para-hydroxylation sites is 1. The Bertz CT molecular complexity index is 219. The van der Waals surface area contributed by atoms with E-state index in [2.05, 4.69) is 0 Å². The molecule has 0 unspecified atom stereocenters. The second-order valence-electron chi connectivity index (χ2n) is 1.76. The van der Waals surface area contributed by atoms with E-state index in [4.69, 9.17) is 28.4 Å². The lowest BCUT2D eigenvalue weighted by molar-refractivity contribution is -0.825. The van der Waals surface area contributed by atoms with E-state index in [9.17, 15) is 0 Å². The standard InChI is InChI=1S/C6H5Cl2NO/c7-4-2-1-3-5(8)6(4)9-10/h1-3,9-10H/p+1. The van der Waals surface area contributed by atoms with E-state index in [0.29, 0.717) is 15.7 Å². The Kier molecular flexibility index (Phi) is 2.51. The summed E-state index contributed by atoms with van der Waals surface area (Å²) in [5.41, 5.74) is 1.36. The maximum Gasteiger partial charge on any atom is 0.199 e. The van der Waals surface area contributed by atoms with Crippen LogP contribution in [0.25, 0.3) is 0 Å². The lowest BCUT2D eigenvalue weighted by Gasteiger charge is -1.96. The molecule has 1 aromatic carbocycles. The quantitative estimate of drug-likeness (QED) is 0.498. The second-order valence-corrected chi connectivity index (χ2v) is 2.58. The van der Waals surface area contributed by atoms with E-state index in [1.165, 1.54) is 0 Å². The van der Waals surface area contributed by atoms with Crippen LogP contribution in [0.15, 0.2) is 18.2 Å². The summed E-state index contributed by atoms with van der Waals surface area (Å²) in [6, 6.07) is 5.04. The lowest BCUT2D eigenvalue weighted by Crippen LogP contribution is -2.74. The zero-order valence-corrected chi connectivity index (χ0v) is 6.52. The van der Waals surface area contributed by atoms with Gasteiger partial charge in [-0.1, -0.05) is 29.3 Å². The lowest BCUT2D eigenvalue weighted by atomic mass is 10.3. The monoisotopic (exact) mass is 178 g/mol. The van der Waals surface area contributed by atoms with Crippen molar-refractivity contribution in [3.05, 3.63) is 28.2 Å². The van der Waals surface area contributed by atoms with Gasteiger partial charge in [0, 0.05) is 0 Å². The molecule has 0 heterocycles. The zero-order chi connectivity index (χ0) is 7.56. The summed E-state index contributed by atoms with van der Waals surface area (Å²) >= 11 is 11.3. The molecular formula is C6H6Cl2NO+. The Labute approximate surface area is 68.3 Å². The predicted molar refractivity (Wildman–Crippen MR) is 39.8 cm³/mol. The second kappa shape index (κ2) is 3.21. The molecule has 0 atom stereocenters. The smallest absolute Gasteiger partial charge is 0.199 e. The van der Waals surface area contributed by atoms with Gasteiger partial charge in [-0.25, -0.2) is 5.21 Å². The molecule has 0 aliphatic rings. The van der Waals surface area contributed by atoms with Crippen LogP contribution in [0.3, 0.4) is 0 Å². The fraction of sp³-hybridized carbons (Fsp3) is 0. The molecule has 0 saturated carbocycles. The summed E-state index contributed by atoms with van der Waals surface area (Å²) in [7, 11) is 0. The van der Waals surface area contributed by atoms with Crippen molar-refractivity contribution in [2.45, 2.75) is 0 Å². The molecule has 0 aromatic heterocycles. The van der Waals surface area contributed by atoms with E-state index >= 15 is 0 Å². The minimum Gasteiger partial charge on any atom is -0.215 e. The molecule has 2 nitrogen and oxygen atoms in total. The van der Waals surface area contributed by atoms with Crippen molar-refractivity contribution in [2.24, 2.45) is 0 Å². The van der Waals surface area contributed by atoms with Gasteiger partial charge >= 0.3 is 0 Å². The van der Waals surface area contributed by atoms with Crippen molar-refractivity contribution < 1.29 is 10.7 Å². The van der Waals surface area contributed by atoms with Gasteiger partial charge in [-0.05, 0) is 12.1 Å². The maximum absolute atomic E-state index is 8.61. The number of hydrogen-bond acceptors (Lipinski definition) is 1. The highest BCUT2D eigenvalue weighted by atomic mass is 35.5. The van der Waals surface area contributed by atoms with Crippen LogP contribution >= 0.6 is 23.2 Å². The summed E-state index contributed by atoms with van der Waals surface area (Å²) < 4.78 is 0. The molecule has 0 aliphatic heterocycles. The van der Waals surface area contributed by atoms with Gasteiger partial charge in [0.25, 0.3) is 0 Å². The summed E-state index contributed by atoms with van der Waals surface area (Å²) in [5.74, 6) is 0. The zero-order valence-electron chi connectivity index (χ0n) is 5.01. The van der Waals surface area contributed by atoms with Gasteiger partial charge in [-0.2, -0.15) is 5.48 Å². The van der Waals surface area contributed by atoms with Crippen molar-refractivity contribution in [1.82, 2.24) is 0 Å². The molecular weight excluding hydrogens is 173 g/mol. The summed E-state index contributed by atoms with van der Waals surface area (Å²) in [5, 5.41) is 9.51. The van der Waals surface area contributed by atoms with Crippen molar-refractivity contribution in [3.8, 4) is 0 Å².